The number of ether oxygens (including phenoxy) is 1. The smallest absolute Gasteiger partial charge is 0.387 e. The van der Waals surface area contributed by atoms with Crippen LogP contribution in [0.4, 0.5) is 18.9 Å². The Morgan fingerprint density at radius 3 is 2.62 bits per heavy atom. The van der Waals surface area contributed by atoms with E-state index in [1.165, 1.54) is 30.3 Å². The van der Waals surface area contributed by atoms with E-state index in [1.807, 2.05) is 0 Å². The lowest BCUT2D eigenvalue weighted by Crippen LogP contribution is -2.13. The summed E-state index contributed by atoms with van der Waals surface area (Å²) in [6.45, 7) is -2.98. The van der Waals surface area contributed by atoms with Gasteiger partial charge in [0.2, 0.25) is 0 Å². The van der Waals surface area contributed by atoms with Crippen LogP contribution in [0, 0.1) is 5.82 Å². The van der Waals surface area contributed by atoms with E-state index < -0.39 is 18.3 Å². The summed E-state index contributed by atoms with van der Waals surface area (Å²) in [7, 11) is 0. The third-order valence-corrected chi connectivity index (χ3v) is 2.99. The average Bonchev–Trinajstić information content (AvgIpc) is 2.41. The van der Waals surface area contributed by atoms with Gasteiger partial charge in [-0.05, 0) is 36.4 Å². The van der Waals surface area contributed by atoms with Crippen LogP contribution in [0.1, 0.15) is 10.4 Å². The molecule has 0 aliphatic rings. The van der Waals surface area contributed by atoms with Gasteiger partial charge in [-0.3, -0.25) is 4.79 Å². The highest BCUT2D eigenvalue weighted by Gasteiger charge is 2.12. The highest BCUT2D eigenvalue weighted by molar-refractivity contribution is 9.10. The molecule has 2 rings (SSSR count). The maximum atomic E-state index is 13.6. The standard InChI is InChI=1S/C14H9BrF3NO2/c15-9-4-5-12(11(16)7-9)19-13(20)8-2-1-3-10(6-8)21-14(17)18/h1-7,14H,(H,19,20). The monoisotopic (exact) mass is 359 g/mol. The van der Waals surface area contributed by atoms with Crippen LogP contribution in [0.3, 0.4) is 0 Å². The van der Waals surface area contributed by atoms with Crippen molar-refractivity contribution >= 4 is 27.5 Å². The molecule has 7 heteroatoms. The summed E-state index contributed by atoms with van der Waals surface area (Å²) in [5.41, 5.74) is 0.0684. The van der Waals surface area contributed by atoms with Crippen LogP contribution in [0.15, 0.2) is 46.9 Å². The van der Waals surface area contributed by atoms with Crippen molar-refractivity contribution in [3.05, 3.63) is 58.3 Å². The zero-order valence-corrected chi connectivity index (χ0v) is 12.0. The van der Waals surface area contributed by atoms with Gasteiger partial charge < -0.3 is 10.1 Å². The summed E-state index contributed by atoms with van der Waals surface area (Å²) < 4.78 is 42.6. The first-order valence-corrected chi connectivity index (χ1v) is 6.56. The van der Waals surface area contributed by atoms with E-state index in [9.17, 15) is 18.0 Å². The molecular weight excluding hydrogens is 351 g/mol. The molecule has 0 saturated carbocycles. The predicted molar refractivity (Wildman–Crippen MR) is 75.1 cm³/mol. The molecule has 1 amide bonds. The van der Waals surface area contributed by atoms with Gasteiger partial charge in [0.1, 0.15) is 11.6 Å². The minimum absolute atomic E-state index is 0.0108. The van der Waals surface area contributed by atoms with E-state index in [4.69, 9.17) is 0 Å². The second-order valence-corrected chi connectivity index (χ2v) is 4.90. The number of anilines is 1. The number of amides is 1. The van der Waals surface area contributed by atoms with Gasteiger partial charge in [-0.1, -0.05) is 22.0 Å². The molecule has 0 unspecified atom stereocenters. The highest BCUT2D eigenvalue weighted by Crippen LogP contribution is 2.21. The molecule has 0 spiro atoms. The van der Waals surface area contributed by atoms with Crippen LogP contribution >= 0.6 is 15.9 Å². The molecule has 21 heavy (non-hydrogen) atoms. The summed E-state index contributed by atoms with van der Waals surface area (Å²) in [4.78, 5) is 12.0. The van der Waals surface area contributed by atoms with E-state index in [1.54, 1.807) is 6.07 Å². The van der Waals surface area contributed by atoms with Gasteiger partial charge in [0.05, 0.1) is 5.69 Å². The Kier molecular flexibility index (Phi) is 4.85. The van der Waals surface area contributed by atoms with E-state index in [-0.39, 0.29) is 17.0 Å². The second kappa shape index (κ2) is 6.62. The Morgan fingerprint density at radius 2 is 1.95 bits per heavy atom. The summed E-state index contributed by atoms with van der Waals surface area (Å²) in [5.74, 6) is -1.39. The highest BCUT2D eigenvalue weighted by atomic mass is 79.9. The molecule has 0 heterocycles. The molecule has 0 radical (unpaired) electrons. The number of carbonyl (C=O) groups is 1. The molecule has 0 atom stereocenters. The number of carbonyl (C=O) groups excluding carboxylic acids is 1. The molecule has 3 nitrogen and oxygen atoms in total. The number of hydrogen-bond acceptors (Lipinski definition) is 2. The van der Waals surface area contributed by atoms with Gasteiger partial charge in [-0.15, -0.1) is 0 Å². The van der Waals surface area contributed by atoms with Gasteiger partial charge in [0, 0.05) is 10.0 Å². The largest absolute Gasteiger partial charge is 0.435 e. The maximum absolute atomic E-state index is 13.6. The predicted octanol–water partition coefficient (Wildman–Crippen LogP) is 4.44. The summed E-state index contributed by atoms with van der Waals surface area (Å²) >= 11 is 3.10. The molecule has 2 aromatic carbocycles. The minimum Gasteiger partial charge on any atom is -0.435 e. The number of nitrogens with one attached hydrogen (secondary N) is 1. The van der Waals surface area contributed by atoms with Crippen molar-refractivity contribution in [3.63, 3.8) is 0 Å². The molecule has 0 fully saturated rings. The molecule has 0 aliphatic heterocycles. The number of hydrogen-bond donors (Lipinski definition) is 1. The summed E-state index contributed by atoms with van der Waals surface area (Å²) in [6, 6.07) is 9.40. The third kappa shape index (κ3) is 4.22. The van der Waals surface area contributed by atoms with Crippen molar-refractivity contribution in [3.8, 4) is 5.75 Å². The van der Waals surface area contributed by atoms with Crippen LogP contribution in [0.5, 0.6) is 5.75 Å². The van der Waals surface area contributed by atoms with Gasteiger partial charge in [-0.25, -0.2) is 4.39 Å². The number of alkyl halides is 2. The SMILES string of the molecule is O=C(Nc1ccc(Br)cc1F)c1cccc(OC(F)F)c1. The summed E-state index contributed by atoms with van der Waals surface area (Å²) in [5, 5.41) is 2.36. The van der Waals surface area contributed by atoms with Crippen LogP contribution < -0.4 is 10.1 Å². The van der Waals surface area contributed by atoms with Crippen LogP contribution in [-0.2, 0) is 0 Å². The zero-order valence-electron chi connectivity index (χ0n) is 10.4. The zero-order chi connectivity index (χ0) is 15.4. The van der Waals surface area contributed by atoms with Gasteiger partial charge in [-0.2, -0.15) is 8.78 Å². The lowest BCUT2D eigenvalue weighted by atomic mass is 10.2. The number of rotatable bonds is 4. The molecule has 0 aliphatic carbocycles. The topological polar surface area (TPSA) is 38.3 Å². The lowest BCUT2D eigenvalue weighted by molar-refractivity contribution is -0.0498. The van der Waals surface area contributed by atoms with Gasteiger partial charge in [0.25, 0.3) is 5.91 Å². The van der Waals surface area contributed by atoms with Crippen molar-refractivity contribution in [2.24, 2.45) is 0 Å². The fourth-order valence-corrected chi connectivity index (χ4v) is 1.93. The van der Waals surface area contributed by atoms with Crippen molar-refractivity contribution < 1.29 is 22.7 Å². The molecule has 1 N–H and O–H groups in total. The van der Waals surface area contributed by atoms with Gasteiger partial charge >= 0.3 is 6.61 Å². The summed E-state index contributed by atoms with van der Waals surface area (Å²) in [6.07, 6.45) is 0. The fraction of sp³-hybridized carbons (Fsp3) is 0.0714. The molecule has 110 valence electrons. The normalized spacial score (nSPS) is 10.5. The number of benzene rings is 2. The van der Waals surface area contributed by atoms with E-state index in [0.29, 0.717) is 4.47 Å². The van der Waals surface area contributed by atoms with Crippen LogP contribution in [0.2, 0.25) is 0 Å². The van der Waals surface area contributed by atoms with Crippen molar-refractivity contribution in [2.45, 2.75) is 6.61 Å². The van der Waals surface area contributed by atoms with Crippen LogP contribution in [0.25, 0.3) is 0 Å². The Labute approximate surface area is 126 Å². The van der Waals surface area contributed by atoms with E-state index in [0.717, 1.165) is 6.07 Å². The Morgan fingerprint density at radius 1 is 1.19 bits per heavy atom. The quantitative estimate of drug-likeness (QED) is 0.876. The van der Waals surface area contributed by atoms with E-state index in [2.05, 4.69) is 26.0 Å². The molecular formula is C14H9BrF3NO2. The molecule has 0 saturated heterocycles. The Hall–Kier alpha value is -2.02. The minimum atomic E-state index is -2.98. The first-order valence-electron chi connectivity index (χ1n) is 5.77. The van der Waals surface area contributed by atoms with Crippen molar-refractivity contribution in [2.75, 3.05) is 5.32 Å². The Bertz CT molecular complexity index is 664. The average molecular weight is 360 g/mol. The Balaban J connectivity index is 2.16. The maximum Gasteiger partial charge on any atom is 0.387 e. The van der Waals surface area contributed by atoms with Crippen molar-refractivity contribution in [1.29, 1.82) is 0 Å². The second-order valence-electron chi connectivity index (χ2n) is 3.98. The first kappa shape index (κ1) is 15.4. The first-order chi connectivity index (χ1) is 9.95. The third-order valence-electron chi connectivity index (χ3n) is 2.50. The molecule has 0 bridgehead atoms. The number of halogens is 4. The fourth-order valence-electron chi connectivity index (χ4n) is 1.60. The molecule has 0 aromatic heterocycles. The van der Waals surface area contributed by atoms with E-state index >= 15 is 0 Å². The molecule has 2 aromatic rings. The van der Waals surface area contributed by atoms with Crippen molar-refractivity contribution in [1.82, 2.24) is 0 Å². The lowest BCUT2D eigenvalue weighted by Gasteiger charge is -2.08. The van der Waals surface area contributed by atoms with Gasteiger partial charge in [0.15, 0.2) is 0 Å². The van der Waals surface area contributed by atoms with Crippen LogP contribution in [-0.4, -0.2) is 12.5 Å².